The number of esters is 1. The second-order valence-electron chi connectivity index (χ2n) is 8.87. The molecule has 2 fully saturated rings. The SMILES string of the molecule is COC(=O)C1=COC(C)C2C[N+]3([O-])CCC4(C(=O)Nc5cc(OC)ccc54)C3CC12. The van der Waals surface area contributed by atoms with Gasteiger partial charge in [-0.25, -0.2) is 4.79 Å². The van der Waals surface area contributed by atoms with Crippen molar-refractivity contribution in [3.63, 3.8) is 0 Å². The summed E-state index contributed by atoms with van der Waals surface area (Å²) in [5, 5.41) is 17.0. The zero-order valence-corrected chi connectivity index (χ0v) is 17.3. The van der Waals surface area contributed by atoms with Crippen molar-refractivity contribution in [2.75, 3.05) is 32.6 Å². The van der Waals surface area contributed by atoms with Crippen LogP contribution in [0.25, 0.3) is 0 Å². The first kappa shape index (κ1) is 19.4. The van der Waals surface area contributed by atoms with Crippen LogP contribution in [0.2, 0.25) is 0 Å². The van der Waals surface area contributed by atoms with Crippen molar-refractivity contribution in [3.05, 3.63) is 40.8 Å². The highest BCUT2D eigenvalue weighted by Crippen LogP contribution is 2.57. The molecule has 5 rings (SSSR count). The van der Waals surface area contributed by atoms with Gasteiger partial charge in [-0.3, -0.25) is 4.79 Å². The average Bonchev–Trinajstić information content (AvgIpc) is 3.20. The first-order valence-corrected chi connectivity index (χ1v) is 10.4. The van der Waals surface area contributed by atoms with Gasteiger partial charge in [-0.2, -0.15) is 0 Å². The van der Waals surface area contributed by atoms with Crippen molar-refractivity contribution in [2.45, 2.75) is 37.3 Å². The highest BCUT2D eigenvalue weighted by Gasteiger charge is 2.66. The maximum atomic E-state index is 14.0. The van der Waals surface area contributed by atoms with E-state index in [9.17, 15) is 14.8 Å². The molecule has 0 bridgehead atoms. The van der Waals surface area contributed by atoms with Gasteiger partial charge in [0.1, 0.15) is 23.3 Å². The minimum Gasteiger partial charge on any atom is -0.633 e. The summed E-state index contributed by atoms with van der Waals surface area (Å²) in [5.74, 6) is -0.168. The molecule has 8 heteroatoms. The first-order valence-electron chi connectivity index (χ1n) is 10.4. The van der Waals surface area contributed by atoms with Gasteiger partial charge < -0.3 is 29.4 Å². The van der Waals surface area contributed by atoms with E-state index in [1.54, 1.807) is 7.11 Å². The molecule has 6 atom stereocenters. The molecule has 1 aromatic rings. The third-order valence-corrected chi connectivity index (χ3v) is 7.73. The number of quaternary nitrogens is 1. The number of hydroxylamine groups is 3. The quantitative estimate of drug-likeness (QED) is 0.452. The third-order valence-electron chi connectivity index (χ3n) is 7.73. The number of hydrogen-bond acceptors (Lipinski definition) is 6. The van der Waals surface area contributed by atoms with Crippen molar-refractivity contribution in [3.8, 4) is 5.75 Å². The number of fused-ring (bicyclic) bond motifs is 5. The van der Waals surface area contributed by atoms with E-state index in [1.165, 1.54) is 13.4 Å². The van der Waals surface area contributed by atoms with E-state index in [0.29, 0.717) is 42.9 Å². The Balaban J connectivity index is 1.58. The summed E-state index contributed by atoms with van der Waals surface area (Å²) in [6.45, 7) is 2.63. The van der Waals surface area contributed by atoms with Crippen molar-refractivity contribution in [1.29, 1.82) is 0 Å². The number of methoxy groups -OCH3 is 2. The molecule has 1 spiro atoms. The van der Waals surface area contributed by atoms with Gasteiger partial charge in [-0.15, -0.1) is 0 Å². The summed E-state index contributed by atoms with van der Waals surface area (Å²) >= 11 is 0. The molecule has 2 saturated heterocycles. The molecule has 8 nitrogen and oxygen atoms in total. The van der Waals surface area contributed by atoms with E-state index >= 15 is 0 Å². The standard InChI is InChI=1S/C22H26N2O6/c1-12-15-10-24(27)7-6-22(17-5-4-13(28-2)8-18(17)23-21(22)26)19(24)9-14(15)16(11-30-12)20(25)29-3/h4-5,8,11-12,14-15,19H,6-7,9-10H2,1-3H3,(H,23,26). The van der Waals surface area contributed by atoms with Gasteiger partial charge in [0.05, 0.1) is 45.1 Å². The van der Waals surface area contributed by atoms with Crippen LogP contribution in [-0.4, -0.2) is 56.0 Å². The fourth-order valence-corrected chi connectivity index (χ4v) is 6.20. The molecule has 6 unspecified atom stereocenters. The molecule has 1 aromatic carbocycles. The van der Waals surface area contributed by atoms with Gasteiger partial charge >= 0.3 is 5.97 Å². The Kier molecular flexibility index (Phi) is 4.17. The van der Waals surface area contributed by atoms with E-state index < -0.39 is 22.1 Å². The van der Waals surface area contributed by atoms with E-state index in [4.69, 9.17) is 14.2 Å². The van der Waals surface area contributed by atoms with Crippen molar-refractivity contribution in [1.82, 2.24) is 0 Å². The van der Waals surface area contributed by atoms with Gasteiger partial charge in [0.15, 0.2) is 0 Å². The Morgan fingerprint density at radius 1 is 1.37 bits per heavy atom. The lowest BCUT2D eigenvalue weighted by atomic mass is 9.66. The van der Waals surface area contributed by atoms with Crippen molar-refractivity contribution in [2.24, 2.45) is 11.8 Å². The number of nitrogens with one attached hydrogen (secondary N) is 1. The van der Waals surface area contributed by atoms with Crippen molar-refractivity contribution >= 4 is 17.6 Å². The summed E-state index contributed by atoms with van der Waals surface area (Å²) < 4.78 is 15.5. The summed E-state index contributed by atoms with van der Waals surface area (Å²) in [7, 11) is 2.93. The maximum absolute atomic E-state index is 14.0. The lowest BCUT2D eigenvalue weighted by molar-refractivity contribution is -0.905. The number of anilines is 1. The zero-order chi connectivity index (χ0) is 21.3. The van der Waals surface area contributed by atoms with Gasteiger partial charge in [0, 0.05) is 30.5 Å². The molecule has 1 amide bonds. The van der Waals surface area contributed by atoms with Crippen LogP contribution in [-0.2, 0) is 24.5 Å². The van der Waals surface area contributed by atoms with E-state index in [1.807, 2.05) is 25.1 Å². The molecular weight excluding hydrogens is 388 g/mol. The molecule has 160 valence electrons. The average molecular weight is 414 g/mol. The fraction of sp³-hybridized carbons (Fsp3) is 0.545. The number of carbonyl (C=O) groups excluding carboxylic acids is 2. The predicted molar refractivity (Wildman–Crippen MR) is 107 cm³/mol. The number of nitrogens with zero attached hydrogens (tertiary/aromatic N) is 1. The van der Waals surface area contributed by atoms with Crippen LogP contribution >= 0.6 is 0 Å². The van der Waals surface area contributed by atoms with Crippen LogP contribution in [0.3, 0.4) is 0 Å². The second kappa shape index (κ2) is 6.46. The Morgan fingerprint density at radius 2 is 2.17 bits per heavy atom. The van der Waals surface area contributed by atoms with Crippen LogP contribution in [0.15, 0.2) is 30.0 Å². The van der Waals surface area contributed by atoms with Gasteiger partial charge in [0.2, 0.25) is 5.91 Å². The number of ether oxygens (including phenoxy) is 3. The smallest absolute Gasteiger partial charge is 0.337 e. The molecule has 4 aliphatic heterocycles. The van der Waals surface area contributed by atoms with E-state index in [2.05, 4.69) is 5.32 Å². The normalized spacial score (nSPS) is 38.7. The summed E-state index contributed by atoms with van der Waals surface area (Å²) in [4.78, 5) is 25.7. The summed E-state index contributed by atoms with van der Waals surface area (Å²) in [5.41, 5.74) is 1.13. The lowest BCUT2D eigenvalue weighted by Gasteiger charge is -2.56. The second-order valence-corrected chi connectivity index (χ2v) is 8.87. The zero-order valence-electron chi connectivity index (χ0n) is 17.3. The molecular formula is C22H26N2O6. The van der Waals surface area contributed by atoms with E-state index in [-0.39, 0.29) is 23.8 Å². The molecule has 0 aliphatic carbocycles. The monoisotopic (exact) mass is 414 g/mol. The fourth-order valence-electron chi connectivity index (χ4n) is 6.20. The van der Waals surface area contributed by atoms with Gasteiger partial charge in [-0.05, 0) is 18.6 Å². The Labute approximate surface area is 174 Å². The van der Waals surface area contributed by atoms with Crippen LogP contribution in [0, 0.1) is 17.0 Å². The number of rotatable bonds is 2. The van der Waals surface area contributed by atoms with Crippen LogP contribution < -0.4 is 10.1 Å². The minimum absolute atomic E-state index is 0.0900. The Morgan fingerprint density at radius 3 is 2.90 bits per heavy atom. The molecule has 0 aromatic heterocycles. The van der Waals surface area contributed by atoms with Gasteiger partial charge in [-0.1, -0.05) is 6.07 Å². The number of amides is 1. The van der Waals surface area contributed by atoms with Crippen LogP contribution in [0.4, 0.5) is 5.69 Å². The van der Waals surface area contributed by atoms with Crippen LogP contribution in [0.1, 0.15) is 25.3 Å². The summed E-state index contributed by atoms with van der Waals surface area (Å²) in [6.07, 6.45) is 2.25. The lowest BCUT2D eigenvalue weighted by Crippen LogP contribution is -2.63. The number of hydrogen-bond donors (Lipinski definition) is 1. The molecule has 1 N–H and O–H groups in total. The molecule has 30 heavy (non-hydrogen) atoms. The highest BCUT2D eigenvalue weighted by atomic mass is 16.6. The molecule has 4 heterocycles. The topological polar surface area (TPSA) is 96.9 Å². The third kappa shape index (κ3) is 2.40. The van der Waals surface area contributed by atoms with Gasteiger partial charge in [0.25, 0.3) is 0 Å². The van der Waals surface area contributed by atoms with Crippen LogP contribution in [0.5, 0.6) is 5.75 Å². The number of carbonyl (C=O) groups is 2. The maximum Gasteiger partial charge on any atom is 0.337 e. The Bertz CT molecular complexity index is 961. The highest BCUT2D eigenvalue weighted by molar-refractivity contribution is 6.07. The largest absolute Gasteiger partial charge is 0.633 e. The number of benzene rings is 1. The Hall–Kier alpha value is -2.58. The molecule has 4 aliphatic rings. The molecule has 0 radical (unpaired) electrons. The number of piperidine rings is 1. The molecule has 0 saturated carbocycles. The van der Waals surface area contributed by atoms with E-state index in [0.717, 1.165) is 5.56 Å². The van der Waals surface area contributed by atoms with Crippen molar-refractivity contribution < 1.29 is 28.4 Å². The predicted octanol–water partition coefficient (Wildman–Crippen LogP) is 2.08. The first-order chi connectivity index (χ1) is 14.3. The summed E-state index contributed by atoms with van der Waals surface area (Å²) in [6, 6.07) is 5.08. The minimum atomic E-state index is -0.892.